The second-order valence-corrected chi connectivity index (χ2v) is 6.08. The molecule has 5 heteroatoms. The Kier molecular flexibility index (Phi) is 4.24. The number of nitrogens with one attached hydrogen (secondary N) is 1. The number of hydrogen-bond acceptors (Lipinski definition) is 4. The fraction of sp³-hybridized carbons (Fsp3) is 0.615. The Labute approximate surface area is 112 Å². The molecule has 0 spiro atoms. The summed E-state index contributed by atoms with van der Waals surface area (Å²) in [6.45, 7) is 7.26. The van der Waals surface area contributed by atoms with Crippen LogP contribution in [0.2, 0.25) is 0 Å². The van der Waals surface area contributed by atoms with Crippen molar-refractivity contribution in [3.8, 4) is 0 Å². The van der Waals surface area contributed by atoms with Crippen LogP contribution < -0.4 is 11.1 Å². The van der Waals surface area contributed by atoms with E-state index in [1.165, 1.54) is 11.3 Å². The molecule has 1 unspecified atom stereocenters. The minimum atomic E-state index is 0.0164. The van der Waals surface area contributed by atoms with E-state index >= 15 is 0 Å². The van der Waals surface area contributed by atoms with Gasteiger partial charge in [0.1, 0.15) is 0 Å². The van der Waals surface area contributed by atoms with E-state index < -0.39 is 0 Å². The summed E-state index contributed by atoms with van der Waals surface area (Å²) in [4.78, 5) is 16.2. The first-order chi connectivity index (χ1) is 8.60. The van der Waals surface area contributed by atoms with Crippen molar-refractivity contribution in [2.45, 2.75) is 32.7 Å². The summed E-state index contributed by atoms with van der Waals surface area (Å²) in [6, 6.07) is 2.05. The number of nitrogen functional groups attached to an aromatic ring is 1. The van der Waals surface area contributed by atoms with Crippen LogP contribution in [0.5, 0.6) is 0 Å². The smallest absolute Gasteiger partial charge is 0.261 e. The SMILES string of the molecule is CCN1CCCC(NC(=O)c2cc(N)c(C)s2)C1. The number of nitrogens with two attached hydrogens (primary N) is 1. The second-order valence-electron chi connectivity index (χ2n) is 4.83. The van der Waals surface area contributed by atoms with Crippen molar-refractivity contribution in [2.24, 2.45) is 0 Å². The number of nitrogens with zero attached hydrogens (tertiary/aromatic N) is 1. The number of anilines is 1. The third-order valence-corrected chi connectivity index (χ3v) is 4.53. The van der Waals surface area contributed by atoms with Crippen LogP contribution in [0, 0.1) is 6.92 Å². The Morgan fingerprint density at radius 3 is 3.06 bits per heavy atom. The average Bonchev–Trinajstić information content (AvgIpc) is 2.70. The number of rotatable bonds is 3. The molecule has 1 atom stereocenters. The minimum absolute atomic E-state index is 0.0164. The van der Waals surface area contributed by atoms with Gasteiger partial charge in [0.25, 0.3) is 5.91 Å². The quantitative estimate of drug-likeness (QED) is 0.878. The van der Waals surface area contributed by atoms with Gasteiger partial charge in [0.05, 0.1) is 4.88 Å². The van der Waals surface area contributed by atoms with Crippen LogP contribution in [0.25, 0.3) is 0 Å². The first kappa shape index (κ1) is 13.4. The highest BCUT2D eigenvalue weighted by Gasteiger charge is 2.21. The molecule has 0 aromatic carbocycles. The van der Waals surface area contributed by atoms with Gasteiger partial charge in [-0.05, 0) is 38.9 Å². The molecule has 1 saturated heterocycles. The zero-order chi connectivity index (χ0) is 13.1. The van der Waals surface area contributed by atoms with Crippen LogP contribution in [0.1, 0.15) is 34.3 Å². The van der Waals surface area contributed by atoms with E-state index in [9.17, 15) is 4.79 Å². The monoisotopic (exact) mass is 267 g/mol. The zero-order valence-electron chi connectivity index (χ0n) is 11.0. The van der Waals surface area contributed by atoms with Crippen LogP contribution in [-0.2, 0) is 0 Å². The highest BCUT2D eigenvalue weighted by atomic mass is 32.1. The highest BCUT2D eigenvalue weighted by molar-refractivity contribution is 7.14. The Morgan fingerprint density at radius 2 is 2.44 bits per heavy atom. The molecule has 18 heavy (non-hydrogen) atoms. The fourth-order valence-electron chi connectivity index (χ4n) is 2.33. The largest absolute Gasteiger partial charge is 0.398 e. The molecule has 2 rings (SSSR count). The van der Waals surface area contributed by atoms with Crippen molar-refractivity contribution in [3.05, 3.63) is 15.8 Å². The van der Waals surface area contributed by atoms with Crippen LogP contribution in [0.15, 0.2) is 6.07 Å². The predicted octanol–water partition coefficient (Wildman–Crippen LogP) is 1.85. The van der Waals surface area contributed by atoms with Crippen LogP contribution in [0.4, 0.5) is 5.69 Å². The van der Waals surface area contributed by atoms with Gasteiger partial charge in [0.2, 0.25) is 0 Å². The third kappa shape index (κ3) is 3.03. The van der Waals surface area contributed by atoms with Crippen molar-refractivity contribution in [1.82, 2.24) is 10.2 Å². The number of carbonyl (C=O) groups is 1. The molecular weight excluding hydrogens is 246 g/mol. The minimum Gasteiger partial charge on any atom is -0.398 e. The van der Waals surface area contributed by atoms with Crippen LogP contribution >= 0.6 is 11.3 Å². The summed E-state index contributed by atoms with van der Waals surface area (Å²) in [6.07, 6.45) is 2.23. The maximum Gasteiger partial charge on any atom is 0.261 e. The van der Waals surface area contributed by atoms with Gasteiger partial charge in [-0.1, -0.05) is 6.92 Å². The fourth-order valence-corrected chi connectivity index (χ4v) is 3.17. The molecular formula is C13H21N3OS. The summed E-state index contributed by atoms with van der Waals surface area (Å²) < 4.78 is 0. The van der Waals surface area contributed by atoms with E-state index in [0.29, 0.717) is 5.69 Å². The lowest BCUT2D eigenvalue weighted by Crippen LogP contribution is -2.47. The standard InChI is InChI=1S/C13H21N3OS/c1-3-16-6-4-5-10(8-16)15-13(17)12-7-11(14)9(2)18-12/h7,10H,3-6,8,14H2,1-2H3,(H,15,17). The predicted molar refractivity (Wildman–Crippen MR) is 76.1 cm³/mol. The number of carbonyl (C=O) groups excluding carboxylic acids is 1. The van der Waals surface area contributed by atoms with E-state index in [4.69, 9.17) is 5.73 Å². The Bertz CT molecular complexity index is 410. The van der Waals surface area contributed by atoms with Crippen LogP contribution in [0.3, 0.4) is 0 Å². The van der Waals surface area contributed by atoms with Crippen molar-refractivity contribution < 1.29 is 4.79 Å². The third-order valence-electron chi connectivity index (χ3n) is 3.47. The molecule has 1 aromatic rings. The van der Waals surface area contributed by atoms with E-state index in [0.717, 1.165) is 42.2 Å². The van der Waals surface area contributed by atoms with Gasteiger partial charge in [-0.25, -0.2) is 0 Å². The summed E-state index contributed by atoms with van der Waals surface area (Å²) >= 11 is 1.47. The molecule has 1 amide bonds. The molecule has 0 bridgehead atoms. The molecule has 3 N–H and O–H groups in total. The number of piperidine rings is 1. The molecule has 1 fully saturated rings. The van der Waals surface area contributed by atoms with E-state index in [1.807, 2.05) is 6.92 Å². The molecule has 1 aliphatic heterocycles. The first-order valence-electron chi connectivity index (χ1n) is 6.49. The summed E-state index contributed by atoms with van der Waals surface area (Å²) in [5.41, 5.74) is 6.49. The lowest BCUT2D eigenvalue weighted by molar-refractivity contribution is 0.0910. The Balaban J connectivity index is 1.94. The summed E-state index contributed by atoms with van der Waals surface area (Å²) in [5, 5.41) is 3.11. The van der Waals surface area contributed by atoms with Crippen molar-refractivity contribution in [2.75, 3.05) is 25.4 Å². The van der Waals surface area contributed by atoms with Crippen molar-refractivity contribution in [3.63, 3.8) is 0 Å². The highest BCUT2D eigenvalue weighted by Crippen LogP contribution is 2.23. The van der Waals surface area contributed by atoms with Crippen molar-refractivity contribution >= 4 is 22.9 Å². The number of likely N-dealkylation sites (tertiary alicyclic amines) is 1. The first-order valence-corrected chi connectivity index (χ1v) is 7.31. The topological polar surface area (TPSA) is 58.4 Å². The molecule has 0 radical (unpaired) electrons. The van der Waals surface area contributed by atoms with Gasteiger partial charge in [-0.15, -0.1) is 11.3 Å². The number of likely N-dealkylation sites (N-methyl/N-ethyl adjacent to an activating group) is 1. The van der Waals surface area contributed by atoms with Gasteiger partial charge in [-0.2, -0.15) is 0 Å². The molecule has 4 nitrogen and oxygen atoms in total. The second kappa shape index (κ2) is 5.71. The Hall–Kier alpha value is -1.07. The van der Waals surface area contributed by atoms with E-state index in [1.54, 1.807) is 6.07 Å². The van der Waals surface area contributed by atoms with Gasteiger partial charge in [0, 0.05) is 23.2 Å². The normalized spacial score (nSPS) is 20.9. The zero-order valence-corrected chi connectivity index (χ0v) is 11.8. The number of thiophene rings is 1. The summed E-state index contributed by atoms with van der Waals surface area (Å²) in [5.74, 6) is 0.0164. The van der Waals surface area contributed by atoms with Gasteiger partial charge < -0.3 is 16.0 Å². The number of aryl methyl sites for hydroxylation is 1. The number of hydrogen-bond donors (Lipinski definition) is 2. The van der Waals surface area contributed by atoms with Crippen LogP contribution in [-0.4, -0.2) is 36.5 Å². The molecule has 1 aliphatic rings. The lowest BCUT2D eigenvalue weighted by Gasteiger charge is -2.32. The van der Waals surface area contributed by atoms with Crippen molar-refractivity contribution in [1.29, 1.82) is 0 Å². The molecule has 0 aliphatic carbocycles. The maximum absolute atomic E-state index is 12.1. The molecule has 100 valence electrons. The van der Waals surface area contributed by atoms with Gasteiger partial charge in [-0.3, -0.25) is 4.79 Å². The molecule has 2 heterocycles. The molecule has 0 saturated carbocycles. The summed E-state index contributed by atoms with van der Waals surface area (Å²) in [7, 11) is 0. The van der Waals surface area contributed by atoms with Gasteiger partial charge in [0.15, 0.2) is 0 Å². The van der Waals surface area contributed by atoms with E-state index in [-0.39, 0.29) is 11.9 Å². The number of amides is 1. The maximum atomic E-state index is 12.1. The average molecular weight is 267 g/mol. The Morgan fingerprint density at radius 1 is 1.67 bits per heavy atom. The van der Waals surface area contributed by atoms with Gasteiger partial charge >= 0.3 is 0 Å². The molecule has 1 aromatic heterocycles. The van der Waals surface area contributed by atoms with E-state index in [2.05, 4.69) is 17.1 Å². The lowest BCUT2D eigenvalue weighted by atomic mass is 10.1.